The maximum atomic E-state index is 12.7. The van der Waals surface area contributed by atoms with Crippen molar-refractivity contribution >= 4 is 17.8 Å². The third kappa shape index (κ3) is 11.0. The van der Waals surface area contributed by atoms with Crippen LogP contribution in [-0.2, 0) is 57.0 Å². The van der Waals surface area contributed by atoms with Gasteiger partial charge >= 0.3 is 5.97 Å². The fourth-order valence-electron chi connectivity index (χ4n) is 7.79. The molecule has 0 aromatic rings. The maximum Gasteiger partial charge on any atom is 0.335 e. The van der Waals surface area contributed by atoms with Crippen molar-refractivity contribution in [3.8, 4) is 0 Å². The third-order valence-electron chi connectivity index (χ3n) is 11.1. The van der Waals surface area contributed by atoms with Crippen LogP contribution in [0.3, 0.4) is 0 Å². The van der Waals surface area contributed by atoms with Gasteiger partial charge in [0.2, 0.25) is 11.8 Å². The highest BCUT2D eigenvalue weighted by Gasteiger charge is 2.58. The molecule has 63 heavy (non-hydrogen) atoms. The molecule has 0 bridgehead atoms. The van der Waals surface area contributed by atoms with E-state index in [2.05, 4.69) is 10.6 Å². The summed E-state index contributed by atoms with van der Waals surface area (Å²) in [5.41, 5.74) is 0. The normalized spacial score (nSPS) is 48.3. The molecule has 29 nitrogen and oxygen atoms in total. The highest BCUT2D eigenvalue weighted by Crippen LogP contribution is 2.36. The predicted octanol–water partition coefficient (Wildman–Crippen LogP) is -11.5. The number of hydrogen-bond acceptors (Lipinski definition) is 26. The van der Waals surface area contributed by atoms with Crippen molar-refractivity contribution in [2.45, 2.75) is 167 Å². The van der Waals surface area contributed by atoms with Crippen LogP contribution in [0.25, 0.3) is 0 Å². The van der Waals surface area contributed by atoms with E-state index in [1.807, 2.05) is 0 Å². The lowest BCUT2D eigenvalue weighted by atomic mass is 9.94. The Morgan fingerprint density at radius 1 is 0.429 bits per heavy atom. The molecular weight excluding hydrogens is 868 g/mol. The van der Waals surface area contributed by atoms with E-state index >= 15 is 0 Å². The monoisotopic (exact) mass is 924 g/mol. The van der Waals surface area contributed by atoms with Crippen molar-refractivity contribution in [3.63, 3.8) is 0 Å². The molecule has 0 spiro atoms. The van der Waals surface area contributed by atoms with Crippen LogP contribution in [0.1, 0.15) is 13.8 Å². The number of carboxylic acid groups (broad SMARTS) is 1. The van der Waals surface area contributed by atoms with Gasteiger partial charge in [0.1, 0.15) is 116 Å². The van der Waals surface area contributed by atoms with Crippen LogP contribution < -0.4 is 10.6 Å². The van der Waals surface area contributed by atoms with Crippen molar-refractivity contribution in [1.29, 1.82) is 0 Å². The Hall–Kier alpha value is -2.51. The van der Waals surface area contributed by atoms with Gasteiger partial charge in [0.15, 0.2) is 37.6 Å². The average molecular weight is 925 g/mol. The van der Waals surface area contributed by atoms with Crippen LogP contribution in [0.5, 0.6) is 0 Å². The number of carbonyl (C=O) groups excluding carboxylic acids is 2. The highest BCUT2D eigenvalue weighted by molar-refractivity contribution is 5.74. The quantitative estimate of drug-likeness (QED) is 0.0725. The van der Waals surface area contributed by atoms with Crippen molar-refractivity contribution in [1.82, 2.24) is 10.6 Å². The summed E-state index contributed by atoms with van der Waals surface area (Å²) in [6, 6.07) is -3.33. The molecular formula is C34H56N2O27. The maximum absolute atomic E-state index is 12.7. The first-order valence-corrected chi connectivity index (χ1v) is 19.6. The molecule has 5 aliphatic rings. The summed E-state index contributed by atoms with van der Waals surface area (Å²) < 4.78 is 49.9. The van der Waals surface area contributed by atoms with Gasteiger partial charge in [0.05, 0.1) is 26.4 Å². The van der Waals surface area contributed by atoms with Crippen molar-refractivity contribution in [2.75, 3.05) is 26.4 Å². The summed E-state index contributed by atoms with van der Waals surface area (Å²) in [5, 5.41) is 163. The molecule has 25 atom stereocenters. The Morgan fingerprint density at radius 3 is 1.32 bits per heavy atom. The molecule has 364 valence electrons. The number of aliphatic hydroxyl groups excluding tert-OH is 14. The zero-order chi connectivity index (χ0) is 46.8. The lowest BCUT2D eigenvalue weighted by molar-refractivity contribution is -0.382. The Morgan fingerprint density at radius 2 is 0.810 bits per heavy atom. The van der Waals surface area contributed by atoms with E-state index in [1.165, 1.54) is 0 Å². The minimum atomic E-state index is -2.38. The number of ether oxygens (including phenoxy) is 9. The smallest absolute Gasteiger partial charge is 0.335 e. The standard InChI is InChI=1S/C34H56N2O27/c1-7(41)35-13-24(16(44)10(4-38)55-30(13)54)59-34-23(51)26(18(46)12(6-40)58-34)61-33-22(50)20(48)27(28(63-33)29(52)53)62-31-14(36-8(2)42)25(17(45)11(5-39)56-31)60-32-21(49)19(47)15(43)9(3-37)57-32/h9-28,30-34,37-40,43-51,54H,3-6H2,1-2H3,(H,35,41)(H,36,42)(H,52,53)/t9-,10-,11-,12-,13-,14-,15+,16-,17+,18+,19+,20-,21-,22-,23-,24-,25-,26+,27-,28+,30-,31-,32+,33+,34-/m1/s1. The SMILES string of the molecule is CC(=O)N[C@@H]1[C@@H](O[C@H]2O[C@H](CO)[C@H](O)[C@H](O[C@H]3O[C@H](C(=O)O)[C@H](O[C@H]4O[C@H](CO)[C@H](O)[C@H](O[C@@H]5O[C@H](CO)[C@H](O)[C@H](O)[C@H]5O)[C@H]4NC(C)=O)[C@H](O)[C@H]3O)[C@H]2O)[C@H](O)[C@@H](CO)O[C@H]1O. The van der Waals surface area contributed by atoms with Gasteiger partial charge in [-0.15, -0.1) is 0 Å². The number of aliphatic hydroxyl groups is 14. The van der Waals surface area contributed by atoms with Gasteiger partial charge in [-0.3, -0.25) is 9.59 Å². The first-order valence-electron chi connectivity index (χ1n) is 19.6. The molecule has 2 amide bonds. The van der Waals surface area contributed by atoms with Crippen LogP contribution in [0.2, 0.25) is 0 Å². The first-order chi connectivity index (χ1) is 29.7. The zero-order valence-electron chi connectivity index (χ0n) is 33.4. The van der Waals surface area contributed by atoms with E-state index in [9.17, 15) is 91.0 Å². The molecule has 0 radical (unpaired) electrons. The molecule has 5 saturated heterocycles. The second-order valence-corrected chi connectivity index (χ2v) is 15.5. The number of amides is 2. The largest absolute Gasteiger partial charge is 0.479 e. The highest BCUT2D eigenvalue weighted by atomic mass is 16.8. The molecule has 0 aromatic heterocycles. The number of nitrogens with one attached hydrogen (secondary N) is 2. The van der Waals surface area contributed by atoms with E-state index in [0.717, 1.165) is 13.8 Å². The Balaban J connectivity index is 1.38. The van der Waals surface area contributed by atoms with Crippen molar-refractivity contribution in [2.24, 2.45) is 0 Å². The molecule has 0 unspecified atom stereocenters. The van der Waals surface area contributed by atoms with Gasteiger partial charge in [-0.1, -0.05) is 0 Å². The second-order valence-electron chi connectivity index (χ2n) is 15.5. The minimum absolute atomic E-state index is 0.745. The molecule has 17 N–H and O–H groups in total. The van der Waals surface area contributed by atoms with E-state index in [1.54, 1.807) is 0 Å². The van der Waals surface area contributed by atoms with Crippen LogP contribution >= 0.6 is 0 Å². The van der Waals surface area contributed by atoms with Gasteiger partial charge in [-0.25, -0.2) is 4.79 Å². The van der Waals surface area contributed by atoms with Crippen molar-refractivity contribution in [3.05, 3.63) is 0 Å². The summed E-state index contributed by atoms with van der Waals surface area (Å²) in [6.45, 7) is -1.73. The second kappa shape index (κ2) is 21.9. The summed E-state index contributed by atoms with van der Waals surface area (Å²) in [6.07, 6.45) is -45.4. The molecule has 5 aliphatic heterocycles. The van der Waals surface area contributed by atoms with Gasteiger partial charge in [0.25, 0.3) is 0 Å². The fraction of sp³-hybridized carbons (Fsp3) is 0.912. The third-order valence-corrected chi connectivity index (χ3v) is 11.1. The zero-order valence-corrected chi connectivity index (χ0v) is 33.4. The average Bonchev–Trinajstić information content (AvgIpc) is 3.23. The Labute approximate surface area is 355 Å². The first kappa shape index (κ1) is 51.5. The number of carbonyl (C=O) groups is 3. The Bertz CT molecular complexity index is 1520. The summed E-state index contributed by atoms with van der Waals surface area (Å²) >= 11 is 0. The number of hydrogen-bond donors (Lipinski definition) is 17. The van der Waals surface area contributed by atoms with Crippen LogP contribution in [0, 0.1) is 0 Å². The lowest BCUT2D eigenvalue weighted by Gasteiger charge is -2.50. The van der Waals surface area contributed by atoms with Gasteiger partial charge in [-0.2, -0.15) is 0 Å². The van der Waals surface area contributed by atoms with E-state index in [-0.39, 0.29) is 0 Å². The minimum Gasteiger partial charge on any atom is -0.479 e. The van der Waals surface area contributed by atoms with Crippen LogP contribution in [0.15, 0.2) is 0 Å². The molecule has 5 fully saturated rings. The van der Waals surface area contributed by atoms with E-state index < -0.39 is 198 Å². The number of rotatable bonds is 15. The molecule has 0 aliphatic carbocycles. The van der Waals surface area contributed by atoms with Crippen LogP contribution in [-0.4, -0.2) is 274 Å². The number of aliphatic carboxylic acids is 1. The topological polar surface area (TPSA) is 462 Å². The van der Waals surface area contributed by atoms with Crippen LogP contribution in [0.4, 0.5) is 0 Å². The van der Waals surface area contributed by atoms with E-state index in [0.29, 0.717) is 0 Å². The molecule has 5 rings (SSSR count). The van der Waals surface area contributed by atoms with Gasteiger partial charge < -0.3 is 130 Å². The Kier molecular flexibility index (Phi) is 17.9. The number of carboxylic acids is 1. The molecule has 0 saturated carbocycles. The predicted molar refractivity (Wildman–Crippen MR) is 190 cm³/mol. The fourth-order valence-corrected chi connectivity index (χ4v) is 7.79. The molecule has 29 heteroatoms. The van der Waals surface area contributed by atoms with Gasteiger partial charge in [0, 0.05) is 13.8 Å². The van der Waals surface area contributed by atoms with Gasteiger partial charge in [-0.05, 0) is 0 Å². The molecule has 5 heterocycles. The lowest BCUT2D eigenvalue weighted by Crippen LogP contribution is -2.70. The molecule has 0 aromatic carbocycles. The van der Waals surface area contributed by atoms with Crippen molar-refractivity contribution < 1.29 is 134 Å². The summed E-state index contributed by atoms with van der Waals surface area (Å²) in [7, 11) is 0. The summed E-state index contributed by atoms with van der Waals surface area (Å²) in [4.78, 5) is 37.0. The summed E-state index contributed by atoms with van der Waals surface area (Å²) in [5.74, 6) is -3.52. The van der Waals surface area contributed by atoms with E-state index in [4.69, 9.17) is 42.6 Å².